The molecule has 0 unspecified atom stereocenters. The number of aryl methyl sites for hydroxylation is 1. The van der Waals surface area contributed by atoms with Crippen LogP contribution in [-0.2, 0) is 26.0 Å². The zero-order valence-corrected chi connectivity index (χ0v) is 17.8. The monoisotopic (exact) mass is 428 g/mol. The second kappa shape index (κ2) is 7.75. The van der Waals surface area contributed by atoms with Crippen LogP contribution < -0.4 is 9.62 Å². The van der Waals surface area contributed by atoms with Crippen molar-refractivity contribution < 1.29 is 22.7 Å². The van der Waals surface area contributed by atoms with Crippen LogP contribution in [-0.4, -0.2) is 33.4 Å². The number of nitrogens with one attached hydrogen (secondary N) is 1. The van der Waals surface area contributed by atoms with Gasteiger partial charge in [-0.05, 0) is 80.6 Å². The molecule has 0 bridgehead atoms. The molecule has 8 heteroatoms. The normalized spacial score (nSPS) is 15.6. The maximum absolute atomic E-state index is 12.9. The molecule has 0 radical (unpaired) electrons. The summed E-state index contributed by atoms with van der Waals surface area (Å²) in [5, 5.41) is 0. The summed E-state index contributed by atoms with van der Waals surface area (Å²) in [5.41, 5.74) is 3.05. The van der Waals surface area contributed by atoms with Crippen molar-refractivity contribution >= 4 is 33.3 Å². The summed E-state index contributed by atoms with van der Waals surface area (Å²) in [7, 11) is -3.81. The fourth-order valence-electron chi connectivity index (χ4n) is 3.65. The van der Waals surface area contributed by atoms with Crippen LogP contribution in [0.4, 0.5) is 11.4 Å². The lowest BCUT2D eigenvalue weighted by atomic mass is 10.1. The predicted octanol–water partition coefficient (Wildman–Crippen LogP) is 3.27. The Labute approximate surface area is 176 Å². The lowest BCUT2D eigenvalue weighted by molar-refractivity contribution is -0.119. The average molecular weight is 429 g/mol. The first-order chi connectivity index (χ1) is 14.3. The number of fused-ring (bicyclic) bond motifs is 1. The van der Waals surface area contributed by atoms with E-state index in [0.29, 0.717) is 29.8 Å². The Kier molecular flexibility index (Phi) is 5.27. The van der Waals surface area contributed by atoms with Gasteiger partial charge in [0.2, 0.25) is 5.91 Å². The predicted molar refractivity (Wildman–Crippen MR) is 113 cm³/mol. The topological polar surface area (TPSA) is 92.8 Å². The lowest BCUT2D eigenvalue weighted by Gasteiger charge is -2.17. The number of nitrogens with zero attached hydrogens (tertiary/aromatic N) is 1. The standard InChI is InChI=1S/C22H24N2O5S/c1-3-29-22(26)17-6-8-19(14(2)12-17)23-30(27,28)18-7-9-20-16(13-18)10-11-24(20)21(25)15-4-5-15/h6-9,12-13,15,23H,3-5,10-11H2,1-2H3. The summed E-state index contributed by atoms with van der Waals surface area (Å²) in [6.45, 7) is 4.32. The first-order valence-corrected chi connectivity index (χ1v) is 11.5. The zero-order valence-electron chi connectivity index (χ0n) is 17.0. The molecule has 4 rings (SSSR count). The minimum absolute atomic E-state index is 0.126. The van der Waals surface area contributed by atoms with E-state index in [9.17, 15) is 18.0 Å². The fourth-order valence-corrected chi connectivity index (χ4v) is 4.83. The molecule has 1 fully saturated rings. The molecule has 1 aliphatic heterocycles. The van der Waals surface area contributed by atoms with Crippen LogP contribution in [0.15, 0.2) is 41.3 Å². The number of carbonyl (C=O) groups is 2. The SMILES string of the molecule is CCOC(=O)c1ccc(NS(=O)(=O)c2ccc3c(c2)CCN3C(=O)C2CC2)c(C)c1. The van der Waals surface area contributed by atoms with Gasteiger partial charge in [-0.25, -0.2) is 13.2 Å². The highest BCUT2D eigenvalue weighted by Gasteiger charge is 2.36. The smallest absolute Gasteiger partial charge is 0.338 e. The Bertz CT molecular complexity index is 1120. The quantitative estimate of drug-likeness (QED) is 0.713. The molecule has 1 saturated carbocycles. The summed E-state index contributed by atoms with van der Waals surface area (Å²) >= 11 is 0. The lowest BCUT2D eigenvalue weighted by Crippen LogP contribution is -2.30. The summed E-state index contributed by atoms with van der Waals surface area (Å²) in [5.74, 6) is -0.180. The van der Waals surface area contributed by atoms with Crippen LogP contribution in [0.25, 0.3) is 0 Å². The molecule has 30 heavy (non-hydrogen) atoms. The van der Waals surface area contributed by atoms with Gasteiger partial charge in [-0.3, -0.25) is 9.52 Å². The van der Waals surface area contributed by atoms with Gasteiger partial charge in [-0.15, -0.1) is 0 Å². The van der Waals surface area contributed by atoms with Crippen molar-refractivity contribution in [3.05, 3.63) is 53.1 Å². The van der Waals surface area contributed by atoms with Crippen LogP contribution in [0.3, 0.4) is 0 Å². The van der Waals surface area contributed by atoms with Gasteiger partial charge in [-0.1, -0.05) is 0 Å². The molecular weight excluding hydrogens is 404 g/mol. The number of amides is 1. The first-order valence-electron chi connectivity index (χ1n) is 10.0. The van der Waals surface area contributed by atoms with Crippen LogP contribution in [0.2, 0.25) is 0 Å². The Morgan fingerprint density at radius 2 is 1.93 bits per heavy atom. The maximum atomic E-state index is 12.9. The molecule has 1 amide bonds. The minimum atomic E-state index is -3.81. The number of carbonyl (C=O) groups excluding carboxylic acids is 2. The van der Waals surface area contributed by atoms with Gasteiger partial charge in [0.15, 0.2) is 0 Å². The van der Waals surface area contributed by atoms with Crippen LogP contribution in [0.5, 0.6) is 0 Å². The number of ether oxygens (including phenoxy) is 1. The summed E-state index contributed by atoms with van der Waals surface area (Å²) in [6.07, 6.45) is 2.52. The van der Waals surface area contributed by atoms with Gasteiger partial charge >= 0.3 is 5.97 Å². The fraction of sp³-hybridized carbons (Fsp3) is 0.364. The van der Waals surface area contributed by atoms with Gasteiger partial charge in [0.1, 0.15) is 0 Å². The van der Waals surface area contributed by atoms with Crippen molar-refractivity contribution in [1.29, 1.82) is 0 Å². The summed E-state index contributed by atoms with van der Waals surface area (Å²) in [6, 6.07) is 9.57. The largest absolute Gasteiger partial charge is 0.462 e. The van der Waals surface area contributed by atoms with E-state index < -0.39 is 16.0 Å². The zero-order chi connectivity index (χ0) is 21.5. The summed E-state index contributed by atoms with van der Waals surface area (Å²) in [4.78, 5) is 26.2. The molecule has 158 valence electrons. The first kappa shape index (κ1) is 20.4. The van der Waals surface area contributed by atoms with Crippen LogP contribution in [0, 0.1) is 12.8 Å². The highest BCUT2D eigenvalue weighted by Crippen LogP contribution is 2.37. The Hall–Kier alpha value is -2.87. The van der Waals surface area contributed by atoms with E-state index in [0.717, 1.165) is 24.1 Å². The number of anilines is 2. The Morgan fingerprint density at radius 3 is 2.60 bits per heavy atom. The van der Waals surface area contributed by atoms with E-state index in [-0.39, 0.29) is 23.3 Å². The number of benzene rings is 2. The molecule has 0 spiro atoms. The van der Waals surface area contributed by atoms with E-state index >= 15 is 0 Å². The van der Waals surface area contributed by atoms with Gasteiger partial charge in [0.05, 0.1) is 22.8 Å². The number of hydrogen-bond acceptors (Lipinski definition) is 5. The van der Waals surface area contributed by atoms with Crippen LogP contribution >= 0.6 is 0 Å². The van der Waals surface area contributed by atoms with Gasteiger partial charge in [-0.2, -0.15) is 0 Å². The molecule has 0 saturated heterocycles. The van der Waals surface area contributed by atoms with Gasteiger partial charge in [0.25, 0.3) is 10.0 Å². The highest BCUT2D eigenvalue weighted by atomic mass is 32.2. The van der Waals surface area contributed by atoms with E-state index in [4.69, 9.17) is 4.74 Å². The molecule has 0 atom stereocenters. The maximum Gasteiger partial charge on any atom is 0.338 e. The second-order valence-corrected chi connectivity index (χ2v) is 9.34. The van der Waals surface area contributed by atoms with Crippen molar-refractivity contribution in [3.63, 3.8) is 0 Å². The third kappa shape index (κ3) is 3.92. The van der Waals surface area contributed by atoms with Gasteiger partial charge < -0.3 is 9.64 Å². The highest BCUT2D eigenvalue weighted by molar-refractivity contribution is 7.92. The van der Waals surface area contributed by atoms with Crippen LogP contribution in [0.1, 0.15) is 41.3 Å². The number of sulfonamides is 1. The molecule has 0 aromatic heterocycles. The van der Waals surface area contributed by atoms with Crippen molar-refractivity contribution in [2.24, 2.45) is 5.92 Å². The second-order valence-electron chi connectivity index (χ2n) is 7.66. The number of hydrogen-bond donors (Lipinski definition) is 1. The van der Waals surface area contributed by atoms with E-state index in [2.05, 4.69) is 4.72 Å². The molecule has 2 aliphatic rings. The average Bonchev–Trinajstić information content (AvgIpc) is 3.48. The molecule has 1 heterocycles. The van der Waals surface area contributed by atoms with E-state index in [1.54, 1.807) is 43.0 Å². The third-order valence-electron chi connectivity index (χ3n) is 5.43. The van der Waals surface area contributed by atoms with Gasteiger partial charge in [0, 0.05) is 18.2 Å². The molecule has 1 aliphatic carbocycles. The van der Waals surface area contributed by atoms with E-state index in [1.165, 1.54) is 12.1 Å². The van der Waals surface area contributed by atoms with Crippen molar-refractivity contribution in [3.8, 4) is 0 Å². The number of rotatable bonds is 6. The molecular formula is C22H24N2O5S. The Balaban J connectivity index is 1.55. The minimum Gasteiger partial charge on any atom is -0.462 e. The summed E-state index contributed by atoms with van der Waals surface area (Å²) < 4.78 is 33.4. The van der Waals surface area contributed by atoms with Crippen molar-refractivity contribution in [2.75, 3.05) is 22.8 Å². The van der Waals surface area contributed by atoms with E-state index in [1.807, 2.05) is 0 Å². The van der Waals surface area contributed by atoms with Crippen molar-refractivity contribution in [1.82, 2.24) is 0 Å². The molecule has 7 nitrogen and oxygen atoms in total. The number of esters is 1. The molecule has 2 aromatic carbocycles. The molecule has 2 aromatic rings. The molecule has 1 N–H and O–H groups in total. The Morgan fingerprint density at radius 1 is 1.17 bits per heavy atom. The third-order valence-corrected chi connectivity index (χ3v) is 6.79. The van der Waals surface area contributed by atoms with Crippen molar-refractivity contribution in [2.45, 2.75) is 38.0 Å².